The standard InChI is InChI=1S/C25H26N2O3/c28-23-15-6-7-17-27(23)24(20-10-2-1-3-11-20)25(29)26-16-18-30-22-14-8-12-19-9-4-5-13-21(19)22/h1-5,8-14,24H,6-7,15-18H2,(H,26,29). The fourth-order valence-corrected chi connectivity index (χ4v) is 3.96. The SMILES string of the molecule is O=C(NCCOc1cccc2ccccc12)C(c1ccccc1)N1CCCCC1=O. The molecule has 4 rings (SSSR count). The molecule has 0 aliphatic carbocycles. The number of rotatable bonds is 7. The van der Waals surface area contributed by atoms with E-state index in [9.17, 15) is 9.59 Å². The minimum absolute atomic E-state index is 0.0391. The number of benzene rings is 3. The third-order valence-corrected chi connectivity index (χ3v) is 5.44. The van der Waals surface area contributed by atoms with Crippen LogP contribution in [0.3, 0.4) is 0 Å². The van der Waals surface area contributed by atoms with Crippen LogP contribution in [-0.2, 0) is 9.59 Å². The molecule has 0 aromatic heterocycles. The highest BCUT2D eigenvalue weighted by Gasteiger charge is 2.32. The number of nitrogens with zero attached hydrogens (tertiary/aromatic N) is 1. The van der Waals surface area contributed by atoms with Crippen LogP contribution in [0.4, 0.5) is 0 Å². The molecule has 154 valence electrons. The van der Waals surface area contributed by atoms with Crippen LogP contribution in [-0.4, -0.2) is 36.4 Å². The maximum absolute atomic E-state index is 13.1. The first-order chi connectivity index (χ1) is 14.7. The molecule has 3 aromatic carbocycles. The number of ether oxygens (including phenoxy) is 1. The molecule has 1 aliphatic rings. The Morgan fingerprint density at radius 1 is 0.967 bits per heavy atom. The van der Waals surface area contributed by atoms with Gasteiger partial charge < -0.3 is 15.0 Å². The van der Waals surface area contributed by atoms with Crippen LogP contribution in [0.15, 0.2) is 72.8 Å². The third kappa shape index (κ3) is 4.46. The molecule has 1 heterocycles. The molecule has 30 heavy (non-hydrogen) atoms. The van der Waals surface area contributed by atoms with Gasteiger partial charge in [-0.1, -0.05) is 66.7 Å². The number of carbonyl (C=O) groups is 2. The van der Waals surface area contributed by atoms with E-state index in [1.807, 2.05) is 72.8 Å². The van der Waals surface area contributed by atoms with E-state index in [2.05, 4.69) is 5.32 Å². The van der Waals surface area contributed by atoms with Crippen LogP contribution in [0.25, 0.3) is 10.8 Å². The van der Waals surface area contributed by atoms with E-state index < -0.39 is 6.04 Å². The van der Waals surface area contributed by atoms with Gasteiger partial charge in [-0.3, -0.25) is 9.59 Å². The van der Waals surface area contributed by atoms with Crippen molar-refractivity contribution in [1.29, 1.82) is 0 Å². The van der Waals surface area contributed by atoms with Crippen molar-refractivity contribution in [2.75, 3.05) is 19.7 Å². The minimum Gasteiger partial charge on any atom is -0.491 e. The Morgan fingerprint density at radius 3 is 2.57 bits per heavy atom. The molecule has 1 N–H and O–H groups in total. The molecule has 5 nitrogen and oxygen atoms in total. The Balaban J connectivity index is 1.41. The highest BCUT2D eigenvalue weighted by molar-refractivity contribution is 5.89. The second-order valence-electron chi connectivity index (χ2n) is 7.47. The number of likely N-dealkylation sites (tertiary alicyclic amines) is 1. The zero-order chi connectivity index (χ0) is 20.8. The Kier molecular flexibility index (Phi) is 6.28. The number of piperidine rings is 1. The topological polar surface area (TPSA) is 58.6 Å². The summed E-state index contributed by atoms with van der Waals surface area (Å²) in [6.45, 7) is 1.33. The van der Waals surface area contributed by atoms with E-state index in [0.29, 0.717) is 26.1 Å². The normalized spacial score (nSPS) is 15.1. The van der Waals surface area contributed by atoms with Crippen molar-refractivity contribution in [3.8, 4) is 5.75 Å². The van der Waals surface area contributed by atoms with Gasteiger partial charge in [-0.05, 0) is 29.9 Å². The number of hydrogen-bond acceptors (Lipinski definition) is 3. The summed E-state index contributed by atoms with van der Waals surface area (Å²) in [6.07, 6.45) is 2.31. The average Bonchev–Trinajstić information content (AvgIpc) is 2.79. The Morgan fingerprint density at radius 2 is 1.73 bits per heavy atom. The largest absolute Gasteiger partial charge is 0.491 e. The highest BCUT2D eigenvalue weighted by Crippen LogP contribution is 2.26. The summed E-state index contributed by atoms with van der Waals surface area (Å²) in [5, 5.41) is 5.13. The first kappa shape index (κ1) is 20.0. The smallest absolute Gasteiger partial charge is 0.247 e. The van der Waals surface area contributed by atoms with E-state index in [0.717, 1.165) is 34.9 Å². The average molecular weight is 402 g/mol. The lowest BCUT2D eigenvalue weighted by Crippen LogP contribution is -2.46. The monoisotopic (exact) mass is 402 g/mol. The van der Waals surface area contributed by atoms with Gasteiger partial charge in [0, 0.05) is 18.4 Å². The zero-order valence-electron chi connectivity index (χ0n) is 16.9. The molecule has 1 aliphatic heterocycles. The van der Waals surface area contributed by atoms with Gasteiger partial charge in [0.15, 0.2) is 0 Å². The lowest BCUT2D eigenvalue weighted by Gasteiger charge is -2.34. The number of hydrogen-bond donors (Lipinski definition) is 1. The summed E-state index contributed by atoms with van der Waals surface area (Å²) in [4.78, 5) is 27.2. The Hall–Kier alpha value is -3.34. The molecule has 5 heteroatoms. The first-order valence-electron chi connectivity index (χ1n) is 10.5. The van der Waals surface area contributed by atoms with Crippen molar-refractivity contribution >= 4 is 22.6 Å². The molecule has 2 amide bonds. The van der Waals surface area contributed by atoms with Gasteiger partial charge in [0.2, 0.25) is 11.8 Å². The molecule has 1 unspecified atom stereocenters. The summed E-state index contributed by atoms with van der Waals surface area (Å²) in [5.74, 6) is 0.670. The lowest BCUT2D eigenvalue weighted by atomic mass is 10.0. The van der Waals surface area contributed by atoms with Crippen molar-refractivity contribution in [2.45, 2.75) is 25.3 Å². The number of amides is 2. The second kappa shape index (κ2) is 9.44. The van der Waals surface area contributed by atoms with E-state index in [1.54, 1.807) is 4.90 Å². The first-order valence-corrected chi connectivity index (χ1v) is 10.5. The van der Waals surface area contributed by atoms with Crippen LogP contribution in [0.2, 0.25) is 0 Å². The summed E-state index contributed by atoms with van der Waals surface area (Å²) in [6, 6.07) is 22.9. The van der Waals surface area contributed by atoms with E-state index in [4.69, 9.17) is 4.74 Å². The molecule has 1 saturated heterocycles. The van der Waals surface area contributed by atoms with Crippen molar-refractivity contribution in [1.82, 2.24) is 10.2 Å². The number of fused-ring (bicyclic) bond motifs is 1. The Bertz CT molecular complexity index is 1010. The predicted octanol–water partition coefficient (Wildman–Crippen LogP) is 4.09. The van der Waals surface area contributed by atoms with Crippen molar-refractivity contribution < 1.29 is 14.3 Å². The highest BCUT2D eigenvalue weighted by atomic mass is 16.5. The van der Waals surface area contributed by atoms with Crippen LogP contribution in [0.1, 0.15) is 30.9 Å². The number of carbonyl (C=O) groups excluding carboxylic acids is 2. The van der Waals surface area contributed by atoms with Gasteiger partial charge in [-0.15, -0.1) is 0 Å². The van der Waals surface area contributed by atoms with E-state index in [1.165, 1.54) is 0 Å². The summed E-state index contributed by atoms with van der Waals surface area (Å²) >= 11 is 0. The predicted molar refractivity (Wildman–Crippen MR) is 117 cm³/mol. The molecule has 3 aromatic rings. The van der Waals surface area contributed by atoms with Gasteiger partial charge in [0.05, 0.1) is 6.54 Å². The quantitative estimate of drug-likeness (QED) is 0.606. The van der Waals surface area contributed by atoms with Crippen molar-refractivity contribution in [3.05, 3.63) is 78.4 Å². The minimum atomic E-state index is -0.600. The van der Waals surface area contributed by atoms with Gasteiger partial charge in [-0.2, -0.15) is 0 Å². The molecular weight excluding hydrogens is 376 g/mol. The fraction of sp³-hybridized carbons (Fsp3) is 0.280. The fourth-order valence-electron chi connectivity index (χ4n) is 3.96. The molecule has 1 atom stereocenters. The lowest BCUT2D eigenvalue weighted by molar-refractivity contribution is -0.142. The maximum Gasteiger partial charge on any atom is 0.247 e. The van der Waals surface area contributed by atoms with Gasteiger partial charge in [0.25, 0.3) is 0 Å². The summed E-state index contributed by atoms with van der Waals surface area (Å²) in [7, 11) is 0. The van der Waals surface area contributed by atoms with E-state index in [-0.39, 0.29) is 11.8 Å². The van der Waals surface area contributed by atoms with Gasteiger partial charge in [0.1, 0.15) is 18.4 Å². The van der Waals surface area contributed by atoms with Crippen LogP contribution in [0, 0.1) is 0 Å². The number of nitrogens with one attached hydrogen (secondary N) is 1. The van der Waals surface area contributed by atoms with Gasteiger partial charge in [-0.25, -0.2) is 0 Å². The molecule has 0 spiro atoms. The summed E-state index contributed by atoms with van der Waals surface area (Å²) < 4.78 is 5.93. The molecule has 1 fully saturated rings. The van der Waals surface area contributed by atoms with Crippen molar-refractivity contribution in [2.24, 2.45) is 0 Å². The van der Waals surface area contributed by atoms with Crippen molar-refractivity contribution in [3.63, 3.8) is 0 Å². The second-order valence-corrected chi connectivity index (χ2v) is 7.47. The van der Waals surface area contributed by atoms with Crippen LogP contribution in [0.5, 0.6) is 5.75 Å². The molecule has 0 radical (unpaired) electrons. The molecular formula is C25H26N2O3. The van der Waals surface area contributed by atoms with E-state index >= 15 is 0 Å². The molecule has 0 saturated carbocycles. The zero-order valence-corrected chi connectivity index (χ0v) is 16.9. The Labute approximate surface area is 176 Å². The maximum atomic E-state index is 13.1. The van der Waals surface area contributed by atoms with Gasteiger partial charge >= 0.3 is 0 Å². The molecule has 0 bridgehead atoms. The van der Waals surface area contributed by atoms with Crippen LogP contribution < -0.4 is 10.1 Å². The third-order valence-electron chi connectivity index (χ3n) is 5.44. The van der Waals surface area contributed by atoms with Crippen LogP contribution >= 0.6 is 0 Å². The summed E-state index contributed by atoms with van der Waals surface area (Å²) in [5.41, 5.74) is 0.834.